The van der Waals surface area contributed by atoms with Gasteiger partial charge in [0, 0.05) is 38.0 Å². The fourth-order valence-corrected chi connectivity index (χ4v) is 6.40. The average Bonchev–Trinajstić information content (AvgIpc) is 3.57. The molecule has 3 N–H and O–H groups in total. The Balaban J connectivity index is 1.59. The molecule has 0 saturated carbocycles. The molecular formula is C36H55N5O6S. The zero-order valence-corrected chi connectivity index (χ0v) is 31.1. The lowest BCUT2D eigenvalue weighted by Crippen LogP contribution is -2.57. The van der Waals surface area contributed by atoms with E-state index in [0.717, 1.165) is 21.7 Å². The summed E-state index contributed by atoms with van der Waals surface area (Å²) in [7, 11) is 0. The molecule has 48 heavy (non-hydrogen) atoms. The summed E-state index contributed by atoms with van der Waals surface area (Å²) in [5, 5.41) is 16.3. The van der Waals surface area contributed by atoms with Crippen LogP contribution < -0.4 is 10.6 Å². The normalized spacial score (nSPS) is 17.5. The van der Waals surface area contributed by atoms with Crippen LogP contribution in [0.5, 0.6) is 0 Å². The van der Waals surface area contributed by atoms with E-state index in [1.54, 1.807) is 16.2 Å². The molecule has 1 aromatic heterocycles. The van der Waals surface area contributed by atoms with E-state index < -0.39 is 46.7 Å². The Morgan fingerprint density at radius 3 is 2.23 bits per heavy atom. The van der Waals surface area contributed by atoms with Crippen LogP contribution in [0.1, 0.15) is 99.3 Å². The maximum absolute atomic E-state index is 13.9. The molecule has 1 aromatic carbocycles. The first kappa shape index (κ1) is 38.9. The third kappa shape index (κ3) is 11.0. The Labute approximate surface area is 289 Å². The molecule has 0 bridgehead atoms. The number of aromatic nitrogens is 1. The number of rotatable bonds is 11. The number of unbranched alkanes of at least 4 members (excludes halogenated alkanes) is 1. The first-order chi connectivity index (χ1) is 22.2. The summed E-state index contributed by atoms with van der Waals surface area (Å²) >= 11 is 1.58. The summed E-state index contributed by atoms with van der Waals surface area (Å²) in [5.41, 5.74) is 3.02. The van der Waals surface area contributed by atoms with Gasteiger partial charge in [-0.3, -0.25) is 14.4 Å². The molecule has 2 heterocycles. The molecule has 11 nitrogen and oxygen atoms in total. The largest absolute Gasteiger partial charge is 0.444 e. The molecule has 0 unspecified atom stereocenters. The van der Waals surface area contributed by atoms with Crippen molar-refractivity contribution in [1.82, 2.24) is 25.4 Å². The number of hydrogen-bond acceptors (Lipinski definition) is 8. The first-order valence-electron chi connectivity index (χ1n) is 16.7. The number of thiazole rings is 1. The topological polar surface area (TPSA) is 141 Å². The summed E-state index contributed by atoms with van der Waals surface area (Å²) in [6.45, 7) is 19.5. The van der Waals surface area contributed by atoms with Crippen molar-refractivity contribution in [3.63, 3.8) is 0 Å². The lowest BCUT2D eigenvalue weighted by atomic mass is 9.85. The van der Waals surface area contributed by atoms with E-state index in [2.05, 4.69) is 15.6 Å². The molecular weight excluding hydrogens is 630 g/mol. The van der Waals surface area contributed by atoms with Gasteiger partial charge < -0.3 is 30.3 Å². The fraction of sp³-hybridized carbons (Fsp3) is 0.639. The number of carbonyl (C=O) groups excluding carboxylic acids is 4. The predicted molar refractivity (Wildman–Crippen MR) is 188 cm³/mol. The molecule has 0 radical (unpaired) electrons. The highest BCUT2D eigenvalue weighted by Crippen LogP contribution is 2.28. The van der Waals surface area contributed by atoms with Gasteiger partial charge >= 0.3 is 6.09 Å². The van der Waals surface area contributed by atoms with Gasteiger partial charge in [0.05, 0.1) is 22.2 Å². The highest BCUT2D eigenvalue weighted by atomic mass is 32.1. The summed E-state index contributed by atoms with van der Waals surface area (Å²) < 4.78 is 5.58. The number of benzene rings is 1. The summed E-state index contributed by atoms with van der Waals surface area (Å²) in [5.74, 6) is -1.05. The number of likely N-dealkylation sites (tertiary alicyclic amines) is 1. The third-order valence-electron chi connectivity index (χ3n) is 8.17. The van der Waals surface area contributed by atoms with Crippen LogP contribution in [0, 0.1) is 12.3 Å². The maximum Gasteiger partial charge on any atom is 0.410 e. The van der Waals surface area contributed by atoms with Crippen molar-refractivity contribution < 1.29 is 29.0 Å². The molecule has 4 amide bonds. The number of aliphatic hydroxyl groups excluding tert-OH is 1. The summed E-state index contributed by atoms with van der Waals surface area (Å²) in [6.07, 6.45) is 0.118. The minimum absolute atomic E-state index is 0.00950. The minimum atomic E-state index is -0.902. The molecule has 2 aromatic rings. The highest BCUT2D eigenvalue weighted by Gasteiger charge is 2.44. The molecule has 1 aliphatic heterocycles. The Morgan fingerprint density at radius 2 is 1.69 bits per heavy atom. The monoisotopic (exact) mass is 685 g/mol. The molecule has 1 saturated heterocycles. The number of aryl methyl sites for hydroxylation is 1. The van der Waals surface area contributed by atoms with E-state index in [1.165, 1.54) is 4.90 Å². The number of hydrogen-bond donors (Lipinski definition) is 3. The van der Waals surface area contributed by atoms with Crippen LogP contribution >= 0.6 is 11.3 Å². The Morgan fingerprint density at radius 1 is 1.04 bits per heavy atom. The van der Waals surface area contributed by atoms with E-state index in [-0.39, 0.29) is 37.7 Å². The van der Waals surface area contributed by atoms with E-state index >= 15 is 0 Å². The van der Waals surface area contributed by atoms with Gasteiger partial charge in [0.1, 0.15) is 17.7 Å². The van der Waals surface area contributed by atoms with Gasteiger partial charge in [-0.15, -0.1) is 11.3 Å². The molecule has 1 aliphatic rings. The molecule has 12 heteroatoms. The molecule has 3 atom stereocenters. The molecule has 1 fully saturated rings. The van der Waals surface area contributed by atoms with E-state index in [9.17, 15) is 24.3 Å². The molecule has 266 valence electrons. The number of nitrogens with zero attached hydrogens (tertiary/aromatic N) is 3. The maximum atomic E-state index is 13.9. The number of aliphatic hydroxyl groups is 1. The zero-order valence-electron chi connectivity index (χ0n) is 30.3. The van der Waals surface area contributed by atoms with E-state index in [1.807, 2.05) is 99.0 Å². The van der Waals surface area contributed by atoms with Crippen LogP contribution in [0.25, 0.3) is 10.4 Å². The van der Waals surface area contributed by atoms with Crippen molar-refractivity contribution in [2.45, 2.75) is 131 Å². The molecule has 0 aliphatic carbocycles. The Bertz CT molecular complexity index is 1420. The SMILES string of the molecule is Cc1ncsc1-c1ccc(CNC(=O)[C@@H]2C[C@@H](O)CN2C(=O)[C@@H](NC(=O)CCCCN(C(=O)OC(C)(C)C)C(C)(C)C)C(C)(C)C)cc1. The average molecular weight is 686 g/mol. The van der Waals surface area contributed by atoms with E-state index in [0.29, 0.717) is 19.4 Å². The smallest absolute Gasteiger partial charge is 0.410 e. The van der Waals surface area contributed by atoms with Crippen molar-refractivity contribution in [3.8, 4) is 10.4 Å². The summed E-state index contributed by atoms with van der Waals surface area (Å²) in [6, 6.07) is 6.13. The van der Waals surface area contributed by atoms with Crippen molar-refractivity contribution in [2.75, 3.05) is 13.1 Å². The van der Waals surface area contributed by atoms with Gasteiger partial charge in [0.15, 0.2) is 0 Å². The van der Waals surface area contributed by atoms with Crippen molar-refractivity contribution in [3.05, 3.63) is 41.0 Å². The van der Waals surface area contributed by atoms with Gasteiger partial charge in [-0.05, 0) is 77.8 Å². The van der Waals surface area contributed by atoms with Crippen molar-refractivity contribution in [1.29, 1.82) is 0 Å². The Hall–Kier alpha value is -3.51. The van der Waals surface area contributed by atoms with Crippen LogP contribution in [0.4, 0.5) is 4.79 Å². The number of amides is 4. The van der Waals surface area contributed by atoms with Crippen LogP contribution in [0.2, 0.25) is 0 Å². The fourth-order valence-electron chi connectivity index (χ4n) is 5.59. The number of nitrogens with one attached hydrogen (secondary N) is 2. The number of β-amino-alcohol motifs (C(OH)–C–C–N with tert-alkyl or cyclic N) is 1. The van der Waals surface area contributed by atoms with Crippen LogP contribution in [0.3, 0.4) is 0 Å². The second-order valence-electron chi connectivity index (χ2n) is 15.7. The molecule has 3 rings (SSSR count). The molecule has 0 spiro atoms. The van der Waals surface area contributed by atoms with Gasteiger partial charge in [-0.25, -0.2) is 9.78 Å². The van der Waals surface area contributed by atoms with Gasteiger partial charge in [0.2, 0.25) is 17.7 Å². The second kappa shape index (κ2) is 15.8. The zero-order chi connectivity index (χ0) is 36.0. The van der Waals surface area contributed by atoms with E-state index in [4.69, 9.17) is 4.74 Å². The summed E-state index contributed by atoms with van der Waals surface area (Å²) in [4.78, 5) is 61.7. The quantitative estimate of drug-likeness (QED) is 0.268. The minimum Gasteiger partial charge on any atom is -0.444 e. The number of ether oxygens (including phenoxy) is 1. The van der Waals surface area contributed by atoms with Crippen LogP contribution in [0.15, 0.2) is 29.8 Å². The Kier molecular flexibility index (Phi) is 12.8. The highest BCUT2D eigenvalue weighted by molar-refractivity contribution is 7.13. The standard InChI is InChI=1S/C36H55N5O6S/c1-23-29(48-22-38-23)25-16-14-24(15-17-25)20-37-31(44)27-19-26(42)21-40(27)32(45)30(34(2,3)4)39-28(43)13-11-12-18-41(35(5,6)7)33(46)47-36(8,9)10/h14-17,22,26-27,30,42H,11-13,18-21H2,1-10H3,(H,37,44)(H,39,43)/t26-,27+,30-/m1/s1. The first-order valence-corrected chi connectivity index (χ1v) is 17.6. The van der Waals surface area contributed by atoms with Crippen molar-refractivity contribution in [2.24, 2.45) is 5.41 Å². The van der Waals surface area contributed by atoms with Crippen molar-refractivity contribution >= 4 is 35.2 Å². The third-order valence-corrected chi connectivity index (χ3v) is 9.15. The lowest BCUT2D eigenvalue weighted by molar-refractivity contribution is -0.144. The van der Waals surface area contributed by atoms with Crippen LogP contribution in [-0.2, 0) is 25.7 Å². The van der Waals surface area contributed by atoms with Gasteiger partial charge in [-0.1, -0.05) is 45.0 Å². The number of carbonyl (C=O) groups is 4. The van der Waals surface area contributed by atoms with Gasteiger partial charge in [-0.2, -0.15) is 0 Å². The second-order valence-corrected chi connectivity index (χ2v) is 16.6. The van der Waals surface area contributed by atoms with Crippen LogP contribution in [-0.4, -0.2) is 86.1 Å². The lowest BCUT2D eigenvalue weighted by Gasteiger charge is -2.37. The van der Waals surface area contributed by atoms with Gasteiger partial charge in [0.25, 0.3) is 0 Å². The predicted octanol–water partition coefficient (Wildman–Crippen LogP) is 5.43.